The summed E-state index contributed by atoms with van der Waals surface area (Å²) < 4.78 is 5.43. The highest BCUT2D eigenvalue weighted by Crippen LogP contribution is 2.28. The van der Waals surface area contributed by atoms with Gasteiger partial charge in [0.15, 0.2) is 0 Å². The van der Waals surface area contributed by atoms with Gasteiger partial charge in [-0.3, -0.25) is 9.59 Å². The lowest BCUT2D eigenvalue weighted by molar-refractivity contribution is -0.120. The summed E-state index contributed by atoms with van der Waals surface area (Å²) in [6.45, 7) is 8.42. The first-order valence-electron chi connectivity index (χ1n) is 10.1. The molecule has 0 saturated carbocycles. The SMILES string of the molecule is CCc1cccc(C)c1N(CC(=O)Nc1ccccc1N1CCOCC1)C(C)=O. The Morgan fingerprint density at radius 2 is 1.83 bits per heavy atom. The molecule has 1 saturated heterocycles. The number of carbonyl (C=O) groups is 2. The van der Waals surface area contributed by atoms with Crippen molar-refractivity contribution in [3.8, 4) is 0 Å². The molecule has 1 aliphatic heterocycles. The third kappa shape index (κ3) is 4.95. The number of aryl methyl sites for hydroxylation is 2. The van der Waals surface area contributed by atoms with E-state index in [1.807, 2.05) is 49.4 Å². The maximum absolute atomic E-state index is 12.9. The van der Waals surface area contributed by atoms with Crippen LogP contribution in [-0.2, 0) is 20.7 Å². The molecule has 0 bridgehead atoms. The number of hydrogen-bond donors (Lipinski definition) is 1. The van der Waals surface area contributed by atoms with Crippen molar-refractivity contribution in [1.29, 1.82) is 0 Å². The van der Waals surface area contributed by atoms with E-state index < -0.39 is 0 Å². The number of rotatable bonds is 6. The van der Waals surface area contributed by atoms with Crippen molar-refractivity contribution < 1.29 is 14.3 Å². The number of anilines is 3. The quantitative estimate of drug-likeness (QED) is 0.815. The van der Waals surface area contributed by atoms with Gasteiger partial charge in [0.25, 0.3) is 0 Å². The largest absolute Gasteiger partial charge is 0.378 e. The van der Waals surface area contributed by atoms with Gasteiger partial charge in [-0.2, -0.15) is 0 Å². The molecule has 2 aromatic carbocycles. The zero-order valence-corrected chi connectivity index (χ0v) is 17.4. The summed E-state index contributed by atoms with van der Waals surface area (Å²) in [5, 5.41) is 3.00. The molecule has 0 radical (unpaired) electrons. The average Bonchev–Trinajstić information content (AvgIpc) is 2.73. The van der Waals surface area contributed by atoms with Gasteiger partial charge in [0.05, 0.1) is 30.3 Å². The third-order valence-electron chi connectivity index (χ3n) is 5.18. The van der Waals surface area contributed by atoms with E-state index in [2.05, 4.69) is 17.1 Å². The first kappa shape index (κ1) is 20.9. The van der Waals surface area contributed by atoms with Crippen molar-refractivity contribution in [1.82, 2.24) is 0 Å². The Morgan fingerprint density at radius 3 is 2.52 bits per heavy atom. The standard InChI is InChI=1S/C23H29N3O3/c1-4-19-9-7-8-17(2)23(19)26(18(3)27)16-22(28)24-20-10-5-6-11-21(20)25-12-14-29-15-13-25/h5-11H,4,12-16H2,1-3H3,(H,24,28). The van der Waals surface area contributed by atoms with E-state index in [4.69, 9.17) is 4.74 Å². The van der Waals surface area contributed by atoms with Gasteiger partial charge in [-0.1, -0.05) is 37.3 Å². The number of morpholine rings is 1. The Hall–Kier alpha value is -2.86. The number of ether oxygens (including phenoxy) is 1. The molecule has 0 aromatic heterocycles. The maximum atomic E-state index is 12.9. The fourth-order valence-electron chi connectivity index (χ4n) is 3.73. The summed E-state index contributed by atoms with van der Waals surface area (Å²) in [7, 11) is 0. The summed E-state index contributed by atoms with van der Waals surface area (Å²) >= 11 is 0. The molecule has 2 amide bonds. The average molecular weight is 396 g/mol. The third-order valence-corrected chi connectivity index (χ3v) is 5.18. The van der Waals surface area contributed by atoms with Crippen LogP contribution in [0.3, 0.4) is 0 Å². The minimum atomic E-state index is -0.216. The number of carbonyl (C=O) groups excluding carboxylic acids is 2. The lowest BCUT2D eigenvalue weighted by atomic mass is 10.0. The molecular formula is C23H29N3O3. The molecule has 154 valence electrons. The number of nitrogens with one attached hydrogen (secondary N) is 1. The van der Waals surface area contributed by atoms with Crippen LogP contribution in [0.15, 0.2) is 42.5 Å². The van der Waals surface area contributed by atoms with E-state index in [1.54, 1.807) is 4.90 Å². The number of para-hydroxylation sites is 3. The van der Waals surface area contributed by atoms with Gasteiger partial charge in [0, 0.05) is 20.0 Å². The molecule has 3 rings (SSSR count). The van der Waals surface area contributed by atoms with Gasteiger partial charge in [-0.05, 0) is 36.6 Å². The normalized spacial score (nSPS) is 13.8. The molecule has 1 aliphatic rings. The van der Waals surface area contributed by atoms with Gasteiger partial charge in [-0.25, -0.2) is 0 Å². The van der Waals surface area contributed by atoms with Crippen molar-refractivity contribution in [2.75, 3.05) is 48.0 Å². The first-order chi connectivity index (χ1) is 14.0. The molecular weight excluding hydrogens is 366 g/mol. The zero-order valence-electron chi connectivity index (χ0n) is 17.4. The molecule has 2 aromatic rings. The molecule has 0 atom stereocenters. The van der Waals surface area contributed by atoms with Gasteiger partial charge >= 0.3 is 0 Å². The van der Waals surface area contributed by atoms with Crippen LogP contribution < -0.4 is 15.1 Å². The van der Waals surface area contributed by atoms with Crippen LogP contribution in [0, 0.1) is 6.92 Å². The van der Waals surface area contributed by atoms with Crippen molar-refractivity contribution in [2.24, 2.45) is 0 Å². The van der Waals surface area contributed by atoms with E-state index in [1.165, 1.54) is 6.92 Å². The molecule has 29 heavy (non-hydrogen) atoms. The predicted molar refractivity (Wildman–Crippen MR) is 117 cm³/mol. The first-order valence-corrected chi connectivity index (χ1v) is 10.1. The number of amides is 2. The highest BCUT2D eigenvalue weighted by molar-refractivity contribution is 6.03. The van der Waals surface area contributed by atoms with Gasteiger partial charge in [0.1, 0.15) is 6.54 Å². The fourth-order valence-corrected chi connectivity index (χ4v) is 3.73. The van der Waals surface area contributed by atoms with Gasteiger partial charge in [0.2, 0.25) is 11.8 Å². The molecule has 0 spiro atoms. The van der Waals surface area contributed by atoms with E-state index in [-0.39, 0.29) is 18.4 Å². The summed E-state index contributed by atoms with van der Waals surface area (Å²) in [5.74, 6) is -0.364. The monoisotopic (exact) mass is 395 g/mol. The molecule has 1 fully saturated rings. The van der Waals surface area contributed by atoms with Crippen LogP contribution in [0.4, 0.5) is 17.1 Å². The second kappa shape index (κ2) is 9.56. The zero-order chi connectivity index (χ0) is 20.8. The molecule has 0 aliphatic carbocycles. The van der Waals surface area contributed by atoms with Crippen LogP contribution in [0.25, 0.3) is 0 Å². The Morgan fingerprint density at radius 1 is 1.10 bits per heavy atom. The topological polar surface area (TPSA) is 61.9 Å². The second-order valence-corrected chi connectivity index (χ2v) is 7.21. The summed E-state index contributed by atoms with van der Waals surface area (Å²) in [6, 6.07) is 13.7. The van der Waals surface area contributed by atoms with Crippen molar-refractivity contribution >= 4 is 28.9 Å². The van der Waals surface area contributed by atoms with Gasteiger partial charge < -0.3 is 19.9 Å². The van der Waals surface area contributed by atoms with Gasteiger partial charge in [-0.15, -0.1) is 0 Å². The Balaban J connectivity index is 1.80. The van der Waals surface area contributed by atoms with Crippen LogP contribution in [0.1, 0.15) is 25.0 Å². The molecule has 6 heteroatoms. The molecule has 1 heterocycles. The molecule has 6 nitrogen and oxygen atoms in total. The summed E-state index contributed by atoms with van der Waals surface area (Å²) in [6.07, 6.45) is 0.794. The van der Waals surface area contributed by atoms with Crippen LogP contribution in [0.5, 0.6) is 0 Å². The highest BCUT2D eigenvalue weighted by Gasteiger charge is 2.21. The van der Waals surface area contributed by atoms with E-state index in [9.17, 15) is 9.59 Å². The second-order valence-electron chi connectivity index (χ2n) is 7.21. The smallest absolute Gasteiger partial charge is 0.244 e. The van der Waals surface area contributed by atoms with Crippen molar-refractivity contribution in [3.05, 3.63) is 53.6 Å². The van der Waals surface area contributed by atoms with Crippen molar-refractivity contribution in [3.63, 3.8) is 0 Å². The highest BCUT2D eigenvalue weighted by atomic mass is 16.5. The van der Waals surface area contributed by atoms with E-state index >= 15 is 0 Å². The Labute approximate surface area is 172 Å². The minimum Gasteiger partial charge on any atom is -0.378 e. The maximum Gasteiger partial charge on any atom is 0.244 e. The number of benzene rings is 2. The predicted octanol–water partition coefficient (Wildman–Crippen LogP) is 3.39. The number of hydrogen-bond acceptors (Lipinski definition) is 4. The Bertz CT molecular complexity index is 875. The fraction of sp³-hybridized carbons (Fsp3) is 0.391. The summed E-state index contributed by atoms with van der Waals surface area (Å²) in [5.41, 5.74) is 4.61. The molecule has 1 N–H and O–H groups in total. The lowest BCUT2D eigenvalue weighted by Crippen LogP contribution is -2.39. The number of nitrogens with zero attached hydrogens (tertiary/aromatic N) is 2. The van der Waals surface area contributed by atoms with E-state index in [0.717, 1.165) is 47.7 Å². The van der Waals surface area contributed by atoms with Crippen molar-refractivity contribution in [2.45, 2.75) is 27.2 Å². The van der Waals surface area contributed by atoms with E-state index in [0.29, 0.717) is 13.2 Å². The lowest BCUT2D eigenvalue weighted by Gasteiger charge is -2.31. The Kier molecular flexibility index (Phi) is 6.88. The van der Waals surface area contributed by atoms with Crippen LogP contribution >= 0.6 is 0 Å². The minimum absolute atomic E-state index is 0.0232. The molecule has 0 unspecified atom stereocenters. The van der Waals surface area contributed by atoms with Crippen LogP contribution in [0.2, 0.25) is 0 Å². The summed E-state index contributed by atoms with van der Waals surface area (Å²) in [4.78, 5) is 29.1. The van der Waals surface area contributed by atoms with Crippen LogP contribution in [-0.4, -0.2) is 44.7 Å².